The van der Waals surface area contributed by atoms with E-state index in [4.69, 9.17) is 17.7 Å². The van der Waals surface area contributed by atoms with Crippen LogP contribution < -0.4 is 0 Å². The van der Waals surface area contributed by atoms with Gasteiger partial charge in [0.05, 0.1) is 10.8 Å². The van der Waals surface area contributed by atoms with E-state index in [1.54, 1.807) is 0 Å². The monoisotopic (exact) mass is 1650 g/mol. The van der Waals surface area contributed by atoms with E-state index in [2.05, 4.69) is 425 Å². The van der Waals surface area contributed by atoms with E-state index in [1.165, 1.54) is 121 Å². The highest BCUT2D eigenvalue weighted by Gasteiger charge is 2.48. The normalized spacial score (nSPS) is 13.0. The summed E-state index contributed by atoms with van der Waals surface area (Å²) in [6.45, 7) is 0. The quantitative estimate of drug-likeness (QED) is 0.128. The Balaban J connectivity index is 0.000000134. The van der Waals surface area contributed by atoms with Gasteiger partial charge in [-0.05, 0) is 238 Å². The van der Waals surface area contributed by atoms with Gasteiger partial charge in [-0.3, -0.25) is 0 Å². The third-order valence-electron chi connectivity index (χ3n) is 28.3. The fraction of sp³-hybridized carbons (Fsp3) is 0.0159. The second-order valence-electron chi connectivity index (χ2n) is 34.9. The van der Waals surface area contributed by atoms with E-state index in [0.717, 1.165) is 143 Å². The molecule has 0 aliphatic heterocycles. The zero-order valence-corrected chi connectivity index (χ0v) is 70.5. The molecule has 0 unspecified atom stereocenters. The predicted molar refractivity (Wildman–Crippen MR) is 539 cm³/mol. The maximum Gasteiger partial charge on any atom is 0.143 e. The summed E-state index contributed by atoms with van der Waals surface area (Å²) in [4.78, 5) is 0. The van der Waals surface area contributed by atoms with E-state index in [9.17, 15) is 0 Å². The van der Waals surface area contributed by atoms with Crippen LogP contribution in [0.5, 0.6) is 0 Å². The van der Waals surface area contributed by atoms with Gasteiger partial charge in [0.1, 0.15) is 44.7 Å². The molecular weight excluding hydrogens is 1580 g/mol. The first-order valence-corrected chi connectivity index (χ1v) is 44.8. The van der Waals surface area contributed by atoms with Gasteiger partial charge < -0.3 is 17.7 Å². The van der Waals surface area contributed by atoms with E-state index in [-0.39, 0.29) is 0 Å². The third-order valence-corrected chi connectivity index (χ3v) is 28.3. The Morgan fingerprint density at radius 2 is 0.392 bits per heavy atom. The number of hydrogen-bond acceptors (Lipinski definition) is 4. The smallest absolute Gasteiger partial charge is 0.143 e. The average Bonchev–Trinajstić information content (AvgIpc) is 1.08. The number of hydrogen-bond donors (Lipinski definition) is 0. The van der Waals surface area contributed by atoms with Crippen molar-refractivity contribution in [3.63, 3.8) is 0 Å². The highest BCUT2D eigenvalue weighted by Crippen LogP contribution is 2.61. The zero-order valence-electron chi connectivity index (χ0n) is 70.5. The molecule has 0 radical (unpaired) electrons. The van der Waals surface area contributed by atoms with Gasteiger partial charge in [-0.25, -0.2) is 0 Å². The molecule has 0 bridgehead atoms. The maximum absolute atomic E-state index is 6.72. The minimum absolute atomic E-state index is 0.473. The van der Waals surface area contributed by atoms with E-state index >= 15 is 0 Å². The standard InChI is InChI=1S/2C63H38O2/c1-3-17-40(18-4-1)63(41-19-5-2-6-20-41)56-32-10-7-21-44(56)55-37-39(35-36-57(55)63)60-47-26-13-24-42(49-28-15-30-51-45-22-8-11-33-58(45)64-61(49)51)53(47)38-54-43(25-14-27-48(54)60)50-29-16-31-52-46-23-9-12-34-59(46)65-62(50)52;1-3-15-42(16-4-1)63(43-17-5-2-6-18-43)56-26-10-7-19-46(56)55-35-41(31-34-57(55)63)62-51-24-13-22-44(39-29-32-49-47-20-8-11-27-58(47)64-60(49)36-39)53(51)38-54-45(23-14-25-52(54)62)40-30-33-50-48-21-9-12-28-59(48)65-61(50)37-40/h2*1-38H. The van der Waals surface area contributed by atoms with Gasteiger partial charge in [0.25, 0.3) is 0 Å². The molecule has 2 aliphatic carbocycles. The molecular formula is C126H76O4. The van der Waals surface area contributed by atoms with Crippen LogP contribution in [0.3, 0.4) is 0 Å². The van der Waals surface area contributed by atoms with Crippen LogP contribution in [-0.2, 0) is 10.8 Å². The molecule has 0 amide bonds. The first-order valence-electron chi connectivity index (χ1n) is 44.8. The van der Waals surface area contributed by atoms with Crippen LogP contribution in [-0.4, -0.2) is 0 Å². The van der Waals surface area contributed by atoms with Crippen LogP contribution in [0.4, 0.5) is 0 Å². The summed E-state index contributed by atoms with van der Waals surface area (Å²) in [5.41, 5.74) is 35.2. The summed E-state index contributed by atoms with van der Waals surface area (Å²) < 4.78 is 26.4. The van der Waals surface area contributed by atoms with Gasteiger partial charge in [-0.1, -0.05) is 388 Å². The van der Waals surface area contributed by atoms with Gasteiger partial charge in [0, 0.05) is 54.2 Å². The molecule has 0 spiro atoms. The van der Waals surface area contributed by atoms with Crippen molar-refractivity contribution in [2.45, 2.75) is 10.8 Å². The lowest BCUT2D eigenvalue weighted by Crippen LogP contribution is -2.28. The number of rotatable bonds is 10. The molecule has 4 heteroatoms. The van der Waals surface area contributed by atoms with Crippen molar-refractivity contribution in [3.8, 4) is 89.0 Å². The van der Waals surface area contributed by atoms with Crippen molar-refractivity contribution in [3.05, 3.63) is 506 Å². The molecule has 0 saturated carbocycles. The summed E-state index contributed by atoms with van der Waals surface area (Å²) in [5.74, 6) is 0. The Bertz CT molecular complexity index is 8760. The molecule has 4 heterocycles. The highest BCUT2D eigenvalue weighted by atomic mass is 16.3. The fourth-order valence-electron chi connectivity index (χ4n) is 22.8. The molecule has 4 aromatic heterocycles. The third kappa shape index (κ3) is 10.8. The largest absolute Gasteiger partial charge is 0.456 e. The van der Waals surface area contributed by atoms with E-state index in [0.29, 0.717) is 0 Å². The van der Waals surface area contributed by atoms with Gasteiger partial charge in [0.2, 0.25) is 0 Å². The zero-order chi connectivity index (χ0) is 85.3. The molecule has 0 fully saturated rings. The number of para-hydroxylation sites is 6. The second-order valence-corrected chi connectivity index (χ2v) is 34.9. The summed E-state index contributed by atoms with van der Waals surface area (Å²) in [5, 5.41) is 18.5. The van der Waals surface area contributed by atoms with Crippen molar-refractivity contribution < 1.29 is 17.7 Å². The van der Waals surface area contributed by atoms with Crippen LogP contribution >= 0.6 is 0 Å². The van der Waals surface area contributed by atoms with Crippen LogP contribution in [0.1, 0.15) is 44.5 Å². The van der Waals surface area contributed by atoms with Crippen LogP contribution in [0.25, 0.3) is 220 Å². The van der Waals surface area contributed by atoms with Gasteiger partial charge in [-0.15, -0.1) is 0 Å². The summed E-state index contributed by atoms with van der Waals surface area (Å²) in [6, 6.07) is 168. The van der Waals surface area contributed by atoms with Gasteiger partial charge in [-0.2, -0.15) is 0 Å². The minimum Gasteiger partial charge on any atom is -0.456 e. The van der Waals surface area contributed by atoms with Crippen molar-refractivity contribution in [2.75, 3.05) is 0 Å². The predicted octanol–water partition coefficient (Wildman–Crippen LogP) is 34.3. The summed E-state index contributed by atoms with van der Waals surface area (Å²) in [7, 11) is 0. The lowest BCUT2D eigenvalue weighted by atomic mass is 9.67. The Labute approximate surface area is 748 Å². The van der Waals surface area contributed by atoms with Gasteiger partial charge >= 0.3 is 0 Å². The lowest BCUT2D eigenvalue weighted by molar-refractivity contribution is 0.668. The highest BCUT2D eigenvalue weighted by molar-refractivity contribution is 6.24. The summed E-state index contributed by atoms with van der Waals surface area (Å²) in [6.07, 6.45) is 0. The second kappa shape index (κ2) is 28.8. The molecule has 0 saturated heterocycles. The first-order chi connectivity index (χ1) is 64.5. The van der Waals surface area contributed by atoms with E-state index in [1.807, 2.05) is 36.4 Å². The molecule has 130 heavy (non-hydrogen) atoms. The van der Waals surface area contributed by atoms with Crippen LogP contribution in [0.2, 0.25) is 0 Å². The maximum atomic E-state index is 6.72. The van der Waals surface area contributed by atoms with Crippen molar-refractivity contribution in [1.82, 2.24) is 0 Å². The van der Waals surface area contributed by atoms with E-state index < -0.39 is 10.8 Å². The lowest BCUT2D eigenvalue weighted by Gasteiger charge is -2.33. The Hall–Kier alpha value is -16.9. The molecule has 22 aromatic carbocycles. The Kier molecular flexibility index (Phi) is 16.3. The van der Waals surface area contributed by atoms with Crippen LogP contribution in [0, 0.1) is 0 Å². The van der Waals surface area contributed by atoms with Crippen LogP contribution in [0.15, 0.2) is 479 Å². The molecule has 26 aromatic rings. The Morgan fingerprint density at radius 3 is 0.769 bits per heavy atom. The molecule has 28 rings (SSSR count). The molecule has 0 atom stereocenters. The number of fused-ring (bicyclic) bond motifs is 22. The SMILES string of the molecule is c1ccc(C2(c3ccccc3)c3ccccc3-c3cc(-c4c5cccc(-c6ccc7c(c6)oc6ccccc67)c5cc5c(-c6ccc7c(c6)oc6ccccc67)cccc45)ccc32)cc1.c1ccc(C2(c3ccccc3)c3ccccc3-c3cc(-c4c5cccc(-c6cccc7c6oc6ccccc67)c5cc5c(-c6cccc7c6oc6ccccc67)cccc45)ccc32)cc1. The number of benzene rings is 22. The average molecular weight is 1650 g/mol. The Morgan fingerprint density at radius 1 is 0.131 bits per heavy atom. The van der Waals surface area contributed by atoms with Crippen molar-refractivity contribution in [2.24, 2.45) is 0 Å². The summed E-state index contributed by atoms with van der Waals surface area (Å²) >= 11 is 0. The van der Waals surface area contributed by atoms with Gasteiger partial charge in [0.15, 0.2) is 0 Å². The topological polar surface area (TPSA) is 52.6 Å². The minimum atomic E-state index is -0.481. The molecule has 4 nitrogen and oxygen atoms in total. The fourth-order valence-corrected chi connectivity index (χ4v) is 22.8. The van der Waals surface area contributed by atoms with Crippen molar-refractivity contribution >= 4 is 131 Å². The van der Waals surface area contributed by atoms with Crippen molar-refractivity contribution in [1.29, 1.82) is 0 Å². The first kappa shape index (κ1) is 73.4. The molecule has 604 valence electrons. The molecule has 2 aliphatic rings. The number of furan rings is 4. The molecule has 0 N–H and O–H groups in total.